The summed E-state index contributed by atoms with van der Waals surface area (Å²) < 4.78 is 27.5. The lowest BCUT2D eigenvalue weighted by atomic mass is 10.1. The van der Waals surface area contributed by atoms with E-state index >= 15 is 0 Å². The summed E-state index contributed by atoms with van der Waals surface area (Å²) in [7, 11) is -3.46. The van der Waals surface area contributed by atoms with Crippen LogP contribution in [0.1, 0.15) is 24.0 Å². The van der Waals surface area contributed by atoms with E-state index in [1.807, 2.05) is 13.2 Å². The first kappa shape index (κ1) is 16.4. The molecule has 0 saturated heterocycles. The van der Waals surface area contributed by atoms with Gasteiger partial charge in [0.25, 0.3) is 0 Å². The Kier molecular flexibility index (Phi) is 4.99. The minimum Gasteiger partial charge on any atom is -0.320 e. The summed E-state index contributed by atoms with van der Waals surface area (Å²) in [6, 6.07) is 4.98. The number of aryl methyl sites for hydroxylation is 1. The molecule has 21 heavy (non-hydrogen) atoms. The molecule has 1 aromatic rings. The minimum atomic E-state index is -3.46. The van der Waals surface area contributed by atoms with Crippen LogP contribution in [0.25, 0.3) is 0 Å². The van der Waals surface area contributed by atoms with Gasteiger partial charge in [0.15, 0.2) is 0 Å². The third kappa shape index (κ3) is 4.01. The zero-order valence-electron chi connectivity index (χ0n) is 12.3. The summed E-state index contributed by atoms with van der Waals surface area (Å²) in [6.45, 7) is 2.63. The number of hydrogen-bond acceptors (Lipinski definition) is 4. The third-order valence-corrected chi connectivity index (χ3v) is 6.48. The van der Waals surface area contributed by atoms with E-state index in [-0.39, 0.29) is 16.2 Å². The van der Waals surface area contributed by atoms with Gasteiger partial charge in [0.05, 0.1) is 11.4 Å². The number of thioether (sulfide) groups is 1. The number of hydrogen-bond donors (Lipinski definition) is 2. The molecule has 0 heterocycles. The maximum absolute atomic E-state index is 12.3. The van der Waals surface area contributed by atoms with Crippen LogP contribution in [0.15, 0.2) is 23.1 Å². The average Bonchev–Trinajstić information content (AvgIpc) is 3.25. The zero-order chi connectivity index (χ0) is 15.5. The van der Waals surface area contributed by atoms with Crippen molar-refractivity contribution in [1.29, 1.82) is 0 Å². The van der Waals surface area contributed by atoms with Crippen molar-refractivity contribution in [2.45, 2.75) is 29.4 Å². The van der Waals surface area contributed by atoms with Crippen molar-refractivity contribution in [1.82, 2.24) is 4.72 Å². The van der Waals surface area contributed by atoms with E-state index in [0.717, 1.165) is 24.0 Å². The topological polar surface area (TPSA) is 72.2 Å². The van der Waals surface area contributed by atoms with Gasteiger partial charge in [0.2, 0.25) is 10.0 Å². The van der Waals surface area contributed by atoms with E-state index in [4.69, 9.17) is 5.73 Å². The molecule has 0 bridgehead atoms. The van der Waals surface area contributed by atoms with Gasteiger partial charge < -0.3 is 5.73 Å². The Morgan fingerprint density at radius 2 is 2.14 bits per heavy atom. The first-order chi connectivity index (χ1) is 9.92. The summed E-state index contributed by atoms with van der Waals surface area (Å²) in [5.74, 6) is 5.71. The quantitative estimate of drug-likeness (QED) is 0.805. The first-order valence-electron chi connectivity index (χ1n) is 6.77. The van der Waals surface area contributed by atoms with Crippen molar-refractivity contribution in [2.75, 3.05) is 19.3 Å². The van der Waals surface area contributed by atoms with Gasteiger partial charge in [-0.25, -0.2) is 13.1 Å². The Balaban J connectivity index is 2.15. The van der Waals surface area contributed by atoms with Crippen LogP contribution in [-0.4, -0.2) is 32.5 Å². The maximum atomic E-state index is 12.3. The Morgan fingerprint density at radius 1 is 1.43 bits per heavy atom. The lowest BCUT2D eigenvalue weighted by Gasteiger charge is -2.14. The summed E-state index contributed by atoms with van der Waals surface area (Å²) in [4.78, 5) is 0.287. The first-order valence-corrected chi connectivity index (χ1v) is 9.48. The van der Waals surface area contributed by atoms with Crippen LogP contribution in [0.2, 0.25) is 0 Å². The fourth-order valence-electron chi connectivity index (χ4n) is 1.99. The lowest BCUT2D eigenvalue weighted by Crippen LogP contribution is -2.31. The van der Waals surface area contributed by atoms with Crippen molar-refractivity contribution in [3.05, 3.63) is 29.3 Å². The van der Waals surface area contributed by atoms with Gasteiger partial charge in [0, 0.05) is 16.9 Å². The van der Waals surface area contributed by atoms with E-state index in [0.29, 0.717) is 6.54 Å². The van der Waals surface area contributed by atoms with Crippen molar-refractivity contribution in [3.8, 4) is 11.8 Å². The fraction of sp³-hybridized carbons (Fsp3) is 0.467. The second kappa shape index (κ2) is 6.41. The standard InChI is InChI=1S/C15H20N2O2S2/c1-12-10-14(6-5-13(12)4-3-9-16)21(18,19)17-11-15(20-2)7-8-15/h5-6,10,17H,7-9,11,16H2,1-2H3. The Morgan fingerprint density at radius 3 is 2.67 bits per heavy atom. The van der Waals surface area contributed by atoms with Crippen LogP contribution in [-0.2, 0) is 10.0 Å². The lowest BCUT2D eigenvalue weighted by molar-refractivity contribution is 0.579. The van der Waals surface area contributed by atoms with Crippen LogP contribution < -0.4 is 10.5 Å². The van der Waals surface area contributed by atoms with Gasteiger partial charge in [-0.1, -0.05) is 11.8 Å². The van der Waals surface area contributed by atoms with E-state index in [1.165, 1.54) is 0 Å². The van der Waals surface area contributed by atoms with Crippen LogP contribution in [0, 0.1) is 18.8 Å². The van der Waals surface area contributed by atoms with Gasteiger partial charge in [-0.05, 0) is 49.8 Å². The molecule has 0 atom stereocenters. The Hall–Kier alpha value is -1.00. The molecule has 0 aliphatic heterocycles. The highest BCUT2D eigenvalue weighted by molar-refractivity contribution is 8.00. The molecule has 1 aliphatic carbocycles. The SMILES string of the molecule is CSC1(CNS(=O)(=O)c2ccc(C#CCN)c(C)c2)CC1. The van der Waals surface area contributed by atoms with Gasteiger partial charge in [-0.15, -0.1) is 0 Å². The summed E-state index contributed by atoms with van der Waals surface area (Å²) >= 11 is 1.73. The monoisotopic (exact) mass is 324 g/mol. The van der Waals surface area contributed by atoms with Crippen molar-refractivity contribution in [2.24, 2.45) is 5.73 Å². The van der Waals surface area contributed by atoms with Crippen molar-refractivity contribution < 1.29 is 8.42 Å². The predicted octanol–water partition coefficient (Wildman–Crippen LogP) is 1.48. The maximum Gasteiger partial charge on any atom is 0.240 e. The van der Waals surface area contributed by atoms with Crippen molar-refractivity contribution >= 4 is 21.8 Å². The summed E-state index contributed by atoms with van der Waals surface area (Å²) in [5, 5.41) is 0. The highest BCUT2D eigenvalue weighted by Gasteiger charge is 2.42. The fourth-order valence-corrected chi connectivity index (χ4v) is 4.02. The molecule has 114 valence electrons. The molecule has 4 nitrogen and oxygen atoms in total. The highest BCUT2D eigenvalue weighted by atomic mass is 32.2. The molecule has 0 aromatic heterocycles. The molecule has 1 aromatic carbocycles. The van der Waals surface area contributed by atoms with Gasteiger partial charge in [-0.3, -0.25) is 0 Å². The predicted molar refractivity (Wildman–Crippen MR) is 87.8 cm³/mol. The van der Waals surface area contributed by atoms with Gasteiger partial charge in [-0.2, -0.15) is 11.8 Å². The molecule has 0 radical (unpaired) electrons. The van der Waals surface area contributed by atoms with Crippen molar-refractivity contribution in [3.63, 3.8) is 0 Å². The van der Waals surface area contributed by atoms with Crippen LogP contribution in [0.4, 0.5) is 0 Å². The molecular weight excluding hydrogens is 304 g/mol. The summed E-state index contributed by atoms with van der Waals surface area (Å²) in [5.41, 5.74) is 6.99. The van der Waals surface area contributed by atoms with E-state index in [9.17, 15) is 8.42 Å². The van der Waals surface area contributed by atoms with E-state index < -0.39 is 10.0 Å². The van der Waals surface area contributed by atoms with Gasteiger partial charge >= 0.3 is 0 Å². The Labute approximate surface area is 130 Å². The molecular formula is C15H20N2O2S2. The number of nitrogens with one attached hydrogen (secondary N) is 1. The average molecular weight is 324 g/mol. The molecule has 0 unspecified atom stereocenters. The van der Waals surface area contributed by atoms with Gasteiger partial charge in [0.1, 0.15) is 0 Å². The minimum absolute atomic E-state index is 0.106. The normalized spacial score (nSPS) is 16.1. The smallest absolute Gasteiger partial charge is 0.240 e. The number of rotatable bonds is 5. The van der Waals surface area contributed by atoms with Crippen LogP contribution in [0.5, 0.6) is 0 Å². The molecule has 2 rings (SSSR count). The molecule has 1 fully saturated rings. The Bertz CT molecular complexity index is 683. The van der Waals surface area contributed by atoms with E-state index in [2.05, 4.69) is 16.6 Å². The number of nitrogens with two attached hydrogens (primary N) is 1. The largest absolute Gasteiger partial charge is 0.320 e. The summed E-state index contributed by atoms with van der Waals surface area (Å²) in [6.07, 6.45) is 4.17. The molecule has 1 saturated carbocycles. The molecule has 1 aliphatic rings. The molecule has 0 amide bonds. The molecule has 0 spiro atoms. The second-order valence-electron chi connectivity index (χ2n) is 5.19. The third-order valence-electron chi connectivity index (χ3n) is 3.66. The second-order valence-corrected chi connectivity index (χ2v) is 8.24. The van der Waals surface area contributed by atoms with E-state index in [1.54, 1.807) is 30.0 Å². The van der Waals surface area contributed by atoms with Crippen LogP contribution >= 0.6 is 11.8 Å². The number of sulfonamides is 1. The zero-order valence-corrected chi connectivity index (χ0v) is 13.9. The number of benzene rings is 1. The highest BCUT2D eigenvalue weighted by Crippen LogP contribution is 2.46. The molecule has 6 heteroatoms. The molecule has 3 N–H and O–H groups in total. The van der Waals surface area contributed by atoms with Crippen LogP contribution in [0.3, 0.4) is 0 Å².